The molecule has 4 heteroatoms. The number of carbonyl (C=O) groups is 2. The Hall–Kier alpha value is -2.62. The van der Waals surface area contributed by atoms with Gasteiger partial charge < -0.3 is 10.4 Å². The Morgan fingerprint density at radius 1 is 1.22 bits per heavy atom. The zero-order valence-electron chi connectivity index (χ0n) is 15.6. The van der Waals surface area contributed by atoms with Gasteiger partial charge in [0.1, 0.15) is 0 Å². The predicted molar refractivity (Wildman–Crippen MR) is 104 cm³/mol. The minimum Gasteiger partial charge on any atom is -0.481 e. The Labute approximate surface area is 159 Å². The Morgan fingerprint density at radius 2 is 2.04 bits per heavy atom. The van der Waals surface area contributed by atoms with E-state index in [0.29, 0.717) is 6.42 Å². The van der Waals surface area contributed by atoms with E-state index in [-0.39, 0.29) is 23.8 Å². The van der Waals surface area contributed by atoms with E-state index >= 15 is 0 Å². The first kappa shape index (κ1) is 17.8. The van der Waals surface area contributed by atoms with Crippen molar-refractivity contribution in [2.75, 3.05) is 6.54 Å². The Kier molecular flexibility index (Phi) is 4.50. The molecule has 0 saturated heterocycles. The Bertz CT molecular complexity index is 891. The molecule has 140 valence electrons. The maximum Gasteiger partial charge on any atom is 0.308 e. The molecular formula is C23H25NO3. The summed E-state index contributed by atoms with van der Waals surface area (Å²) in [6.07, 6.45) is 3.36. The summed E-state index contributed by atoms with van der Waals surface area (Å²) in [5.41, 5.74) is 4.77. The van der Waals surface area contributed by atoms with Crippen LogP contribution in [0.25, 0.3) is 0 Å². The minimum absolute atomic E-state index is 0.00203. The fourth-order valence-electron chi connectivity index (χ4n) is 4.66. The van der Waals surface area contributed by atoms with Gasteiger partial charge in [-0.15, -0.1) is 0 Å². The lowest BCUT2D eigenvalue weighted by Crippen LogP contribution is -2.36. The van der Waals surface area contributed by atoms with Crippen molar-refractivity contribution < 1.29 is 14.7 Å². The molecule has 3 atom stereocenters. The Morgan fingerprint density at radius 3 is 2.81 bits per heavy atom. The van der Waals surface area contributed by atoms with Crippen molar-refractivity contribution in [3.63, 3.8) is 0 Å². The highest BCUT2D eigenvalue weighted by atomic mass is 16.4. The van der Waals surface area contributed by atoms with Gasteiger partial charge in [-0.1, -0.05) is 54.1 Å². The number of rotatable bonds is 6. The van der Waals surface area contributed by atoms with Crippen LogP contribution in [0.3, 0.4) is 0 Å². The van der Waals surface area contributed by atoms with Gasteiger partial charge in [-0.05, 0) is 49.3 Å². The third kappa shape index (κ3) is 3.36. The number of hydrogen-bond donors (Lipinski definition) is 2. The molecule has 0 radical (unpaired) electrons. The van der Waals surface area contributed by atoms with Gasteiger partial charge in [-0.25, -0.2) is 0 Å². The van der Waals surface area contributed by atoms with Crippen molar-refractivity contribution in [2.45, 2.75) is 38.0 Å². The summed E-state index contributed by atoms with van der Waals surface area (Å²) in [5, 5.41) is 12.5. The van der Waals surface area contributed by atoms with Gasteiger partial charge in [0, 0.05) is 17.9 Å². The molecular weight excluding hydrogens is 338 g/mol. The first-order valence-corrected chi connectivity index (χ1v) is 9.64. The largest absolute Gasteiger partial charge is 0.481 e. The van der Waals surface area contributed by atoms with E-state index in [9.17, 15) is 14.7 Å². The molecule has 1 spiro atoms. The van der Waals surface area contributed by atoms with Gasteiger partial charge in [-0.2, -0.15) is 0 Å². The molecule has 0 heterocycles. The van der Waals surface area contributed by atoms with Crippen LogP contribution in [0.5, 0.6) is 0 Å². The van der Waals surface area contributed by atoms with Gasteiger partial charge >= 0.3 is 5.97 Å². The maximum atomic E-state index is 12.7. The second-order valence-electron chi connectivity index (χ2n) is 8.04. The number of carboxylic acid groups (broad SMARTS) is 1. The van der Waals surface area contributed by atoms with Gasteiger partial charge in [0.15, 0.2) is 0 Å². The van der Waals surface area contributed by atoms with Crippen LogP contribution in [0.2, 0.25) is 0 Å². The molecule has 0 bridgehead atoms. The monoisotopic (exact) mass is 363 g/mol. The van der Waals surface area contributed by atoms with E-state index in [0.717, 1.165) is 30.4 Å². The van der Waals surface area contributed by atoms with Crippen molar-refractivity contribution in [2.24, 2.45) is 11.8 Å². The number of fused-ring (bicyclic) bond motifs is 2. The average molecular weight is 363 g/mol. The van der Waals surface area contributed by atoms with E-state index in [1.54, 1.807) is 0 Å². The average Bonchev–Trinajstić information content (AvgIpc) is 3.27. The number of carboxylic acids is 1. The normalized spacial score (nSPS) is 23.7. The number of carbonyl (C=O) groups excluding carboxylic acids is 1. The van der Waals surface area contributed by atoms with Crippen LogP contribution in [0.15, 0.2) is 48.5 Å². The number of aryl methyl sites for hydroxylation is 2. The second-order valence-corrected chi connectivity index (χ2v) is 8.04. The molecule has 4 nitrogen and oxygen atoms in total. The van der Waals surface area contributed by atoms with Crippen LogP contribution in [-0.2, 0) is 27.8 Å². The molecule has 0 aromatic heterocycles. The quantitative estimate of drug-likeness (QED) is 0.828. The maximum absolute atomic E-state index is 12.7. The zero-order valence-corrected chi connectivity index (χ0v) is 15.6. The summed E-state index contributed by atoms with van der Waals surface area (Å²) in [6.45, 7) is 2.17. The van der Waals surface area contributed by atoms with E-state index in [1.165, 1.54) is 11.1 Å². The number of aliphatic carboxylic acids is 1. The molecule has 2 aromatic carbocycles. The van der Waals surface area contributed by atoms with Crippen molar-refractivity contribution in [1.29, 1.82) is 0 Å². The summed E-state index contributed by atoms with van der Waals surface area (Å²) < 4.78 is 0. The lowest BCUT2D eigenvalue weighted by Gasteiger charge is -2.15. The molecule has 0 aliphatic heterocycles. The van der Waals surface area contributed by atoms with Crippen molar-refractivity contribution >= 4 is 11.9 Å². The van der Waals surface area contributed by atoms with Gasteiger partial charge in [0.25, 0.3) is 0 Å². The summed E-state index contributed by atoms with van der Waals surface area (Å²) in [7, 11) is 0. The standard InChI is InChI=1S/C23H25NO3/c1-15-5-4-6-16(11-15)12-18(22(26)27)14-24-21(25)20-13-23(20)10-9-17-7-2-3-8-19(17)23/h2-8,11,18,20H,9-10,12-14H2,1H3,(H,24,25)(H,26,27). The molecule has 3 unspecified atom stereocenters. The number of benzene rings is 2. The molecule has 2 aliphatic carbocycles. The van der Waals surface area contributed by atoms with Crippen molar-refractivity contribution in [1.82, 2.24) is 5.32 Å². The highest BCUT2D eigenvalue weighted by molar-refractivity contribution is 5.85. The summed E-state index contributed by atoms with van der Waals surface area (Å²) in [6, 6.07) is 16.3. The predicted octanol–water partition coefficient (Wildman–Crippen LogP) is 3.26. The second kappa shape index (κ2) is 6.84. The SMILES string of the molecule is Cc1cccc(CC(CNC(=O)C2CC23CCc2ccccc23)C(=O)O)c1. The first-order chi connectivity index (χ1) is 13.0. The van der Waals surface area contributed by atoms with Crippen LogP contribution in [-0.4, -0.2) is 23.5 Å². The summed E-state index contributed by atoms with van der Waals surface area (Å²) >= 11 is 0. The fraction of sp³-hybridized carbons (Fsp3) is 0.391. The molecule has 27 heavy (non-hydrogen) atoms. The van der Waals surface area contributed by atoms with E-state index in [4.69, 9.17) is 0 Å². The highest BCUT2D eigenvalue weighted by Gasteiger charge is 2.61. The van der Waals surface area contributed by atoms with Crippen molar-refractivity contribution in [3.8, 4) is 0 Å². The van der Waals surface area contributed by atoms with Crippen LogP contribution >= 0.6 is 0 Å². The topological polar surface area (TPSA) is 66.4 Å². The van der Waals surface area contributed by atoms with Crippen molar-refractivity contribution in [3.05, 3.63) is 70.8 Å². The molecule has 2 aromatic rings. The van der Waals surface area contributed by atoms with Crippen LogP contribution in [0, 0.1) is 18.8 Å². The lowest BCUT2D eigenvalue weighted by atomic mass is 9.95. The Balaban J connectivity index is 1.38. The molecule has 2 aliphatic rings. The molecule has 1 amide bonds. The third-order valence-electron chi connectivity index (χ3n) is 6.22. The number of amides is 1. The lowest BCUT2D eigenvalue weighted by molar-refractivity contribution is -0.141. The van der Waals surface area contributed by atoms with E-state index in [1.807, 2.05) is 37.3 Å². The fourth-order valence-corrected chi connectivity index (χ4v) is 4.66. The first-order valence-electron chi connectivity index (χ1n) is 9.64. The molecule has 1 saturated carbocycles. The van der Waals surface area contributed by atoms with Gasteiger partial charge in [0.2, 0.25) is 5.91 Å². The van der Waals surface area contributed by atoms with E-state index < -0.39 is 11.9 Å². The molecule has 4 rings (SSSR count). The third-order valence-corrected chi connectivity index (χ3v) is 6.22. The van der Waals surface area contributed by atoms with Gasteiger partial charge in [-0.3, -0.25) is 9.59 Å². The van der Waals surface area contributed by atoms with Crippen LogP contribution in [0.1, 0.15) is 35.1 Å². The number of hydrogen-bond acceptors (Lipinski definition) is 2. The van der Waals surface area contributed by atoms with E-state index in [2.05, 4.69) is 23.5 Å². The highest BCUT2D eigenvalue weighted by Crippen LogP contribution is 2.61. The van der Waals surface area contributed by atoms with Crippen LogP contribution < -0.4 is 5.32 Å². The summed E-state index contributed by atoms with van der Waals surface area (Å²) in [5.74, 6) is -1.49. The number of nitrogens with one attached hydrogen (secondary N) is 1. The summed E-state index contributed by atoms with van der Waals surface area (Å²) in [4.78, 5) is 24.4. The minimum atomic E-state index is -0.867. The van der Waals surface area contributed by atoms with Gasteiger partial charge in [0.05, 0.1) is 5.92 Å². The molecule has 2 N–H and O–H groups in total. The van der Waals surface area contributed by atoms with Crippen LogP contribution in [0.4, 0.5) is 0 Å². The zero-order chi connectivity index (χ0) is 19.0. The smallest absolute Gasteiger partial charge is 0.308 e. The molecule has 1 fully saturated rings.